The maximum atomic E-state index is 2.49. The molecule has 270 valence electrons. The molecule has 2 heteroatoms. The van der Waals surface area contributed by atoms with Crippen molar-refractivity contribution in [2.45, 2.75) is 38.1 Å². The van der Waals surface area contributed by atoms with Crippen LogP contribution in [0.15, 0.2) is 188 Å². The van der Waals surface area contributed by atoms with Gasteiger partial charge in [-0.25, -0.2) is 0 Å². The van der Waals surface area contributed by atoms with Gasteiger partial charge in [0.25, 0.3) is 0 Å². The van der Waals surface area contributed by atoms with Crippen molar-refractivity contribution in [2.75, 3.05) is 4.90 Å². The van der Waals surface area contributed by atoms with Crippen molar-refractivity contribution in [1.29, 1.82) is 0 Å². The topological polar surface area (TPSA) is 3.24 Å². The predicted octanol–water partition coefficient (Wildman–Crippen LogP) is 15.0. The van der Waals surface area contributed by atoms with Gasteiger partial charge in [-0.2, -0.15) is 0 Å². The van der Waals surface area contributed by atoms with Gasteiger partial charge in [0, 0.05) is 26.3 Å². The van der Waals surface area contributed by atoms with Crippen LogP contribution in [0.25, 0.3) is 55.1 Å². The summed E-state index contributed by atoms with van der Waals surface area (Å²) >= 11 is 1.96. The van der Waals surface area contributed by atoms with Crippen LogP contribution < -0.4 is 4.90 Å². The van der Waals surface area contributed by atoms with Crippen molar-refractivity contribution in [2.24, 2.45) is 0 Å². The predicted molar refractivity (Wildman–Crippen MR) is 242 cm³/mol. The van der Waals surface area contributed by atoms with E-state index in [1.807, 2.05) is 11.3 Å². The summed E-state index contributed by atoms with van der Waals surface area (Å²) in [5.74, 6) is 0. The molecule has 0 bridgehead atoms. The molecule has 10 rings (SSSR count). The lowest BCUT2D eigenvalue weighted by atomic mass is 9.91. The SMILES string of the molecule is C1=CC(c2ccc(N(c3ccc(-c4ccccc4)cc3)C3C=CC(c4ccc(-c5ccc6sc7c(c6c5)C=C(c5ccccc5)CC7)cc4)=CC3)cc2)=CCC1. The molecular formula is C54H43NS. The molecule has 0 aliphatic heterocycles. The second-order valence-electron chi connectivity index (χ2n) is 15.1. The van der Waals surface area contributed by atoms with Crippen LogP contribution in [0.2, 0.25) is 0 Å². The van der Waals surface area contributed by atoms with E-state index in [9.17, 15) is 0 Å². The lowest BCUT2D eigenvalue weighted by Gasteiger charge is -2.33. The van der Waals surface area contributed by atoms with E-state index in [-0.39, 0.29) is 6.04 Å². The first-order valence-corrected chi connectivity index (χ1v) is 20.8. The average molecular weight is 738 g/mol. The maximum Gasteiger partial charge on any atom is 0.0560 e. The maximum absolute atomic E-state index is 2.49. The minimum Gasteiger partial charge on any atom is -0.334 e. The van der Waals surface area contributed by atoms with E-state index in [1.54, 1.807) is 0 Å². The molecule has 1 heterocycles. The number of hydrogen-bond acceptors (Lipinski definition) is 2. The summed E-state index contributed by atoms with van der Waals surface area (Å²) in [5, 5.41) is 1.38. The third kappa shape index (κ3) is 6.82. The molecule has 1 unspecified atom stereocenters. The molecule has 7 aromatic rings. The van der Waals surface area contributed by atoms with Crippen molar-refractivity contribution in [3.8, 4) is 22.3 Å². The molecule has 0 amide bonds. The molecule has 0 saturated heterocycles. The molecule has 0 saturated carbocycles. The summed E-state index contributed by atoms with van der Waals surface area (Å²) in [5.41, 5.74) is 16.7. The first-order valence-electron chi connectivity index (χ1n) is 20.0. The van der Waals surface area contributed by atoms with Gasteiger partial charge in [-0.05, 0) is 136 Å². The molecule has 1 aromatic heterocycles. The number of rotatable bonds is 8. The molecular weight excluding hydrogens is 695 g/mol. The Hall–Kier alpha value is -6.22. The highest BCUT2D eigenvalue weighted by atomic mass is 32.1. The number of hydrogen-bond donors (Lipinski definition) is 0. The fourth-order valence-electron chi connectivity index (χ4n) is 8.55. The van der Waals surface area contributed by atoms with Crippen molar-refractivity contribution < 1.29 is 0 Å². The molecule has 1 atom stereocenters. The van der Waals surface area contributed by atoms with Gasteiger partial charge < -0.3 is 4.90 Å². The highest BCUT2D eigenvalue weighted by Crippen LogP contribution is 2.42. The van der Waals surface area contributed by atoms with E-state index < -0.39 is 0 Å². The first-order chi connectivity index (χ1) is 27.7. The number of nitrogens with zero attached hydrogens (tertiary/aromatic N) is 1. The molecule has 3 aliphatic rings. The van der Waals surface area contributed by atoms with Crippen LogP contribution in [0.5, 0.6) is 0 Å². The molecule has 0 fully saturated rings. The fraction of sp³-hybridized carbons (Fsp3) is 0.111. The van der Waals surface area contributed by atoms with Gasteiger partial charge in [0.2, 0.25) is 0 Å². The quantitative estimate of drug-likeness (QED) is 0.150. The van der Waals surface area contributed by atoms with Crippen LogP contribution in [-0.4, -0.2) is 6.04 Å². The largest absolute Gasteiger partial charge is 0.334 e. The Bertz CT molecular complexity index is 2670. The van der Waals surface area contributed by atoms with Gasteiger partial charge in [-0.15, -0.1) is 11.3 Å². The molecule has 56 heavy (non-hydrogen) atoms. The van der Waals surface area contributed by atoms with Gasteiger partial charge in [0.05, 0.1) is 6.04 Å². The molecule has 6 aromatic carbocycles. The van der Waals surface area contributed by atoms with E-state index in [1.165, 1.54) is 87.6 Å². The van der Waals surface area contributed by atoms with Crippen LogP contribution in [0.4, 0.5) is 11.4 Å². The van der Waals surface area contributed by atoms with Crippen molar-refractivity contribution in [3.63, 3.8) is 0 Å². The minimum atomic E-state index is 0.194. The Morgan fingerprint density at radius 1 is 0.500 bits per heavy atom. The summed E-state index contributed by atoms with van der Waals surface area (Å²) in [6.07, 6.45) is 21.8. The van der Waals surface area contributed by atoms with Crippen LogP contribution in [0.3, 0.4) is 0 Å². The number of anilines is 2. The van der Waals surface area contributed by atoms with E-state index in [2.05, 4.69) is 199 Å². The zero-order valence-corrected chi connectivity index (χ0v) is 32.3. The highest BCUT2D eigenvalue weighted by Gasteiger charge is 2.22. The molecule has 0 N–H and O–H groups in total. The smallest absolute Gasteiger partial charge is 0.0560 e. The lowest BCUT2D eigenvalue weighted by Crippen LogP contribution is -2.30. The number of fused-ring (bicyclic) bond motifs is 3. The lowest BCUT2D eigenvalue weighted by molar-refractivity contribution is 0.787. The Balaban J connectivity index is 0.902. The van der Waals surface area contributed by atoms with Gasteiger partial charge in [-0.1, -0.05) is 152 Å². The number of aryl methyl sites for hydroxylation is 1. The Labute approximate surface area is 334 Å². The Morgan fingerprint density at radius 2 is 1.09 bits per heavy atom. The number of benzene rings is 6. The monoisotopic (exact) mass is 737 g/mol. The fourth-order valence-corrected chi connectivity index (χ4v) is 9.72. The normalized spacial score (nSPS) is 16.2. The van der Waals surface area contributed by atoms with E-state index >= 15 is 0 Å². The number of allylic oxidation sites excluding steroid dienone is 7. The van der Waals surface area contributed by atoms with E-state index in [0.717, 1.165) is 32.1 Å². The summed E-state index contributed by atoms with van der Waals surface area (Å²) in [4.78, 5) is 4.00. The second-order valence-corrected chi connectivity index (χ2v) is 16.2. The van der Waals surface area contributed by atoms with Crippen molar-refractivity contribution in [3.05, 3.63) is 215 Å². The standard InChI is InChI=1S/C54H43NS/c1-4-10-38(11-5-1)42-20-28-48(29-21-42)55(49-30-22-43(23-31-49)39-12-6-2-7-13-39)50-32-24-44(25-33-50)41-16-18-45(19-17-41)47-27-35-54-52(37-47)51-36-46(26-34-53(51)56-54)40-14-8-3-9-15-40/h1,3-6,8-25,27-32,35-37,50H,2,7,26,33-34H2. The average Bonchev–Trinajstić information content (AvgIpc) is 3.65. The highest BCUT2D eigenvalue weighted by molar-refractivity contribution is 7.19. The Kier molecular flexibility index (Phi) is 9.27. The second kappa shape index (κ2) is 15.1. The molecule has 0 radical (unpaired) electrons. The van der Waals surface area contributed by atoms with Crippen LogP contribution in [-0.2, 0) is 6.42 Å². The summed E-state index contributed by atoms with van der Waals surface area (Å²) in [6.45, 7) is 0. The van der Waals surface area contributed by atoms with Crippen molar-refractivity contribution >= 4 is 55.6 Å². The first kappa shape index (κ1) is 34.3. The Morgan fingerprint density at radius 3 is 1.75 bits per heavy atom. The summed E-state index contributed by atoms with van der Waals surface area (Å²) < 4.78 is 1.38. The number of thiophene rings is 1. The van der Waals surface area contributed by atoms with Gasteiger partial charge in [0.1, 0.15) is 0 Å². The van der Waals surface area contributed by atoms with Crippen LogP contribution in [0, 0.1) is 0 Å². The van der Waals surface area contributed by atoms with Gasteiger partial charge in [-0.3, -0.25) is 0 Å². The van der Waals surface area contributed by atoms with Crippen LogP contribution in [0.1, 0.15) is 52.8 Å². The molecule has 0 spiro atoms. The van der Waals surface area contributed by atoms with E-state index in [4.69, 9.17) is 0 Å². The van der Waals surface area contributed by atoms with Gasteiger partial charge >= 0.3 is 0 Å². The molecule has 3 aliphatic carbocycles. The van der Waals surface area contributed by atoms with Crippen molar-refractivity contribution in [1.82, 2.24) is 0 Å². The van der Waals surface area contributed by atoms with E-state index in [0.29, 0.717) is 0 Å². The van der Waals surface area contributed by atoms with Crippen LogP contribution >= 0.6 is 11.3 Å². The minimum absolute atomic E-state index is 0.194. The van der Waals surface area contributed by atoms with Gasteiger partial charge in [0.15, 0.2) is 0 Å². The molecule has 1 nitrogen and oxygen atoms in total. The zero-order valence-electron chi connectivity index (χ0n) is 31.4. The summed E-state index contributed by atoms with van der Waals surface area (Å²) in [7, 11) is 0. The zero-order chi connectivity index (χ0) is 37.3. The summed E-state index contributed by atoms with van der Waals surface area (Å²) in [6, 6.07) is 56.1. The third-order valence-corrected chi connectivity index (χ3v) is 12.8. The third-order valence-electron chi connectivity index (χ3n) is 11.6.